The van der Waals surface area contributed by atoms with Crippen LogP contribution in [0.1, 0.15) is 25.3 Å². The van der Waals surface area contributed by atoms with Crippen LogP contribution in [0.3, 0.4) is 0 Å². The van der Waals surface area contributed by atoms with Crippen LogP contribution in [-0.4, -0.2) is 87.7 Å². The van der Waals surface area contributed by atoms with Crippen LogP contribution in [0.4, 0.5) is 4.79 Å². The van der Waals surface area contributed by atoms with Crippen molar-refractivity contribution in [1.82, 2.24) is 35.8 Å². The van der Waals surface area contributed by atoms with Gasteiger partial charge in [0.15, 0.2) is 0 Å². The van der Waals surface area contributed by atoms with Gasteiger partial charge in [0.2, 0.25) is 10.4 Å². The monoisotopic (exact) mass is 453 g/mol. The second kappa shape index (κ2) is 9.44. The van der Waals surface area contributed by atoms with Gasteiger partial charge in [-0.3, -0.25) is 9.63 Å². The molecular formula is C14H20N7NaO7S. The number of nitrogens with zero attached hydrogens (tertiary/aromatic N) is 5. The largest absolute Gasteiger partial charge is 1.00 e. The third kappa shape index (κ3) is 5.11. The predicted octanol–water partition coefficient (Wildman–Crippen LogP) is -5.11. The summed E-state index contributed by atoms with van der Waals surface area (Å²) >= 11 is 0. The van der Waals surface area contributed by atoms with Gasteiger partial charge >= 0.3 is 35.6 Å². The Morgan fingerprint density at radius 2 is 2.03 bits per heavy atom. The van der Waals surface area contributed by atoms with Crippen LogP contribution in [0.25, 0.3) is 0 Å². The Bertz CT molecular complexity index is 870. The van der Waals surface area contributed by atoms with Crippen molar-refractivity contribution in [3.8, 4) is 0 Å². The van der Waals surface area contributed by atoms with E-state index in [9.17, 15) is 22.6 Å². The standard InChI is InChI=1S/C14H21N7O7S.Na/c22-13(18-27-8-9-5-11(6-15-9)21-16-3-4-17-21)12-2-1-10-7-19(12)14(23)20(10)28-29(24,25)26;/h3-4,9-12,15H,1-2,5-8H2,(H,18,22)(H,24,25,26);/q;+1/p-1/t9-,10-,11+,12+;/m1./s1. The fourth-order valence-electron chi connectivity index (χ4n) is 3.90. The Labute approximate surface area is 194 Å². The molecule has 3 saturated heterocycles. The van der Waals surface area contributed by atoms with E-state index in [4.69, 9.17) is 4.84 Å². The van der Waals surface area contributed by atoms with Gasteiger partial charge in [-0.15, -0.1) is 0 Å². The Hall–Kier alpha value is -1.33. The maximum absolute atomic E-state index is 12.4. The summed E-state index contributed by atoms with van der Waals surface area (Å²) in [5.74, 6) is -0.521. The van der Waals surface area contributed by atoms with Crippen molar-refractivity contribution in [2.24, 2.45) is 0 Å². The number of carbonyl (C=O) groups is 2. The molecule has 3 fully saturated rings. The van der Waals surface area contributed by atoms with Gasteiger partial charge in [0.1, 0.15) is 6.04 Å². The van der Waals surface area contributed by atoms with E-state index in [1.165, 1.54) is 4.90 Å². The maximum atomic E-state index is 12.4. The van der Waals surface area contributed by atoms with E-state index in [2.05, 4.69) is 25.3 Å². The van der Waals surface area contributed by atoms with Gasteiger partial charge in [-0.05, 0) is 19.3 Å². The number of nitrogens with one attached hydrogen (secondary N) is 2. The molecule has 0 unspecified atom stereocenters. The summed E-state index contributed by atoms with van der Waals surface area (Å²) in [5.41, 5.74) is 2.35. The number of hydrogen-bond donors (Lipinski definition) is 2. The number of hydroxylamine groups is 3. The van der Waals surface area contributed by atoms with Crippen LogP contribution in [0.5, 0.6) is 0 Å². The molecule has 2 bridgehead atoms. The van der Waals surface area contributed by atoms with Crippen molar-refractivity contribution in [3.05, 3.63) is 12.4 Å². The normalized spacial score (nSPS) is 28.5. The fraction of sp³-hybridized carbons (Fsp3) is 0.714. The molecule has 16 heteroatoms. The van der Waals surface area contributed by atoms with E-state index in [0.717, 1.165) is 6.42 Å². The number of piperidine rings is 1. The number of rotatable bonds is 7. The smallest absolute Gasteiger partial charge is 0.724 e. The van der Waals surface area contributed by atoms with Crippen LogP contribution >= 0.6 is 0 Å². The van der Waals surface area contributed by atoms with Gasteiger partial charge in [0.25, 0.3) is 5.91 Å². The first-order valence-electron chi connectivity index (χ1n) is 9.08. The van der Waals surface area contributed by atoms with Crippen molar-refractivity contribution in [2.45, 2.75) is 43.4 Å². The topological polar surface area (TPSA) is 171 Å². The van der Waals surface area contributed by atoms with Crippen LogP contribution in [0.15, 0.2) is 12.4 Å². The molecule has 14 nitrogen and oxygen atoms in total. The molecule has 3 aliphatic rings. The third-order valence-electron chi connectivity index (χ3n) is 5.22. The van der Waals surface area contributed by atoms with Crippen LogP contribution in [-0.2, 0) is 24.3 Å². The van der Waals surface area contributed by atoms with Crippen LogP contribution in [0.2, 0.25) is 0 Å². The van der Waals surface area contributed by atoms with Crippen molar-refractivity contribution in [3.63, 3.8) is 0 Å². The van der Waals surface area contributed by atoms with E-state index in [1.54, 1.807) is 17.2 Å². The summed E-state index contributed by atoms with van der Waals surface area (Å²) < 4.78 is 36.6. The molecule has 0 aliphatic carbocycles. The van der Waals surface area contributed by atoms with E-state index < -0.39 is 34.4 Å². The molecule has 2 N–H and O–H groups in total. The quantitative estimate of drug-likeness (QED) is 0.176. The maximum Gasteiger partial charge on any atom is 1.00 e. The first-order chi connectivity index (χ1) is 13.8. The predicted molar refractivity (Wildman–Crippen MR) is 91.1 cm³/mol. The third-order valence-corrected chi connectivity index (χ3v) is 5.56. The number of amides is 3. The first kappa shape index (κ1) is 23.3. The minimum atomic E-state index is -5.08. The van der Waals surface area contributed by atoms with Gasteiger partial charge in [-0.25, -0.2) is 18.7 Å². The average Bonchev–Trinajstić information content (AvgIpc) is 3.39. The average molecular weight is 453 g/mol. The van der Waals surface area contributed by atoms with Gasteiger partial charge in [-0.2, -0.15) is 24.3 Å². The Morgan fingerprint density at radius 1 is 1.30 bits per heavy atom. The molecule has 30 heavy (non-hydrogen) atoms. The molecule has 1 aromatic rings. The molecule has 0 spiro atoms. The zero-order valence-electron chi connectivity index (χ0n) is 16.2. The van der Waals surface area contributed by atoms with Gasteiger partial charge in [0.05, 0.1) is 31.1 Å². The van der Waals surface area contributed by atoms with E-state index >= 15 is 0 Å². The van der Waals surface area contributed by atoms with Gasteiger partial charge in [0, 0.05) is 19.1 Å². The summed E-state index contributed by atoms with van der Waals surface area (Å²) in [6.07, 6.45) is 4.56. The number of carbonyl (C=O) groups excluding carboxylic acids is 2. The van der Waals surface area contributed by atoms with Crippen LogP contribution < -0.4 is 40.4 Å². The van der Waals surface area contributed by atoms with E-state index in [1.807, 2.05) is 0 Å². The Morgan fingerprint density at radius 3 is 2.73 bits per heavy atom. The second-order valence-corrected chi connectivity index (χ2v) is 8.08. The molecule has 4 heterocycles. The summed E-state index contributed by atoms with van der Waals surface area (Å²) in [5, 5.41) is 12.0. The van der Waals surface area contributed by atoms with E-state index in [0.29, 0.717) is 24.4 Å². The molecule has 4 atom stereocenters. The molecule has 160 valence electrons. The molecule has 1 aromatic heterocycles. The summed E-state index contributed by atoms with van der Waals surface area (Å²) in [7, 11) is -5.08. The Balaban J connectivity index is 0.00000256. The summed E-state index contributed by atoms with van der Waals surface area (Å²) in [6.45, 7) is 0.993. The zero-order chi connectivity index (χ0) is 20.6. The van der Waals surface area contributed by atoms with Gasteiger partial charge in [-0.1, -0.05) is 0 Å². The second-order valence-electron chi connectivity index (χ2n) is 7.11. The number of fused-ring (bicyclic) bond motifs is 2. The zero-order valence-corrected chi connectivity index (χ0v) is 19.0. The molecule has 3 amide bonds. The SMILES string of the molecule is O=C(NOC[C@H]1C[C@H](n2nccn2)CN1)[C@@H]1CC[C@@H]2CN1C(=O)N2OS(=O)(=O)[O-].[Na+]. The number of urea groups is 1. The van der Waals surface area contributed by atoms with Crippen molar-refractivity contribution >= 4 is 22.3 Å². The molecule has 0 aromatic carbocycles. The van der Waals surface area contributed by atoms with Gasteiger partial charge < -0.3 is 14.8 Å². The minimum Gasteiger partial charge on any atom is -0.724 e. The van der Waals surface area contributed by atoms with Crippen molar-refractivity contribution in [1.29, 1.82) is 0 Å². The summed E-state index contributed by atoms with van der Waals surface area (Å²) in [4.78, 5) is 32.8. The van der Waals surface area contributed by atoms with Crippen molar-refractivity contribution < 1.29 is 61.2 Å². The minimum absolute atomic E-state index is 0. The molecule has 0 radical (unpaired) electrons. The molecule has 0 saturated carbocycles. The summed E-state index contributed by atoms with van der Waals surface area (Å²) in [6, 6.07) is -2.15. The number of hydrogen-bond acceptors (Lipinski definition) is 10. The fourth-order valence-corrected chi connectivity index (χ4v) is 4.28. The van der Waals surface area contributed by atoms with Crippen LogP contribution in [0, 0.1) is 0 Å². The first-order valence-corrected chi connectivity index (χ1v) is 10.4. The molecule has 3 aliphatic heterocycles. The molecule has 4 rings (SSSR count). The molecular weight excluding hydrogens is 433 g/mol. The van der Waals surface area contributed by atoms with E-state index in [-0.39, 0.29) is 54.8 Å². The van der Waals surface area contributed by atoms with Crippen molar-refractivity contribution in [2.75, 3.05) is 19.7 Å². The number of aromatic nitrogens is 3. The Kier molecular flexibility index (Phi) is 7.34.